The van der Waals surface area contributed by atoms with Crippen molar-refractivity contribution in [2.24, 2.45) is 5.92 Å². The Bertz CT molecular complexity index is 815. The van der Waals surface area contributed by atoms with Crippen molar-refractivity contribution in [2.45, 2.75) is 58.5 Å². The standard InChI is InChI=1S/C22H34N6O3/c1-17-12-27(18(2)15-29)22(30)7-5-9-28-20(11-24-25-28)16-31-21(17)14-26(3)13-19-6-4-8-23-10-19/h4,6,8,10-11,17-18,21,29H,5,7,9,12-16H2,1-3H3/t17-,18-,21+/m1/s1. The first-order chi connectivity index (χ1) is 15.0. The summed E-state index contributed by atoms with van der Waals surface area (Å²) in [6.45, 7) is 6.98. The van der Waals surface area contributed by atoms with Crippen LogP contribution in [0.25, 0.3) is 0 Å². The Morgan fingerprint density at radius 1 is 1.39 bits per heavy atom. The first-order valence-corrected chi connectivity index (χ1v) is 10.9. The average molecular weight is 431 g/mol. The van der Waals surface area contributed by atoms with E-state index in [4.69, 9.17) is 4.74 Å². The zero-order valence-corrected chi connectivity index (χ0v) is 18.7. The van der Waals surface area contributed by atoms with Crippen molar-refractivity contribution in [3.05, 3.63) is 42.0 Å². The molecule has 9 heteroatoms. The normalized spacial score (nSPS) is 22.0. The zero-order valence-electron chi connectivity index (χ0n) is 18.7. The van der Waals surface area contributed by atoms with Gasteiger partial charge in [0.1, 0.15) is 0 Å². The number of pyridine rings is 1. The van der Waals surface area contributed by atoms with Crippen molar-refractivity contribution in [3.63, 3.8) is 0 Å². The highest BCUT2D eigenvalue weighted by Gasteiger charge is 2.28. The number of aliphatic hydroxyl groups excluding tert-OH is 1. The lowest BCUT2D eigenvalue weighted by Crippen LogP contribution is -2.47. The topological polar surface area (TPSA) is 96.6 Å². The Kier molecular flexibility index (Phi) is 8.51. The number of rotatable bonds is 6. The average Bonchev–Trinajstić information content (AvgIpc) is 3.21. The highest BCUT2D eigenvalue weighted by atomic mass is 16.5. The maximum Gasteiger partial charge on any atom is 0.222 e. The first-order valence-electron chi connectivity index (χ1n) is 10.9. The van der Waals surface area contributed by atoms with Crippen LogP contribution in [-0.2, 0) is 29.2 Å². The Hall–Kier alpha value is -2.36. The van der Waals surface area contributed by atoms with Gasteiger partial charge in [-0.25, -0.2) is 4.68 Å². The van der Waals surface area contributed by atoms with E-state index in [2.05, 4.69) is 40.2 Å². The van der Waals surface area contributed by atoms with Gasteiger partial charge in [-0.2, -0.15) is 0 Å². The Balaban J connectivity index is 1.77. The van der Waals surface area contributed by atoms with Gasteiger partial charge in [0.15, 0.2) is 0 Å². The molecule has 0 saturated heterocycles. The van der Waals surface area contributed by atoms with Gasteiger partial charge >= 0.3 is 0 Å². The molecule has 1 N–H and O–H groups in total. The van der Waals surface area contributed by atoms with Crippen LogP contribution in [0.3, 0.4) is 0 Å². The second-order valence-corrected chi connectivity index (χ2v) is 8.51. The largest absolute Gasteiger partial charge is 0.394 e. The van der Waals surface area contributed by atoms with Crippen LogP contribution < -0.4 is 0 Å². The second-order valence-electron chi connectivity index (χ2n) is 8.51. The molecule has 0 unspecified atom stereocenters. The molecule has 31 heavy (non-hydrogen) atoms. The van der Waals surface area contributed by atoms with E-state index in [1.54, 1.807) is 17.3 Å². The van der Waals surface area contributed by atoms with E-state index in [0.29, 0.717) is 39.1 Å². The molecule has 3 rings (SSSR count). The number of aliphatic hydroxyl groups is 1. The van der Waals surface area contributed by atoms with Crippen LogP contribution in [0.4, 0.5) is 0 Å². The lowest BCUT2D eigenvalue weighted by molar-refractivity contribution is -0.136. The molecule has 3 atom stereocenters. The third-order valence-corrected chi connectivity index (χ3v) is 5.81. The number of hydrogen-bond acceptors (Lipinski definition) is 7. The molecule has 0 fully saturated rings. The molecular formula is C22H34N6O3. The number of fused-ring (bicyclic) bond motifs is 1. The molecule has 2 aromatic heterocycles. The van der Waals surface area contributed by atoms with E-state index in [0.717, 1.165) is 17.8 Å². The van der Waals surface area contributed by atoms with Crippen LogP contribution >= 0.6 is 0 Å². The van der Waals surface area contributed by atoms with E-state index in [-0.39, 0.29) is 30.6 Å². The Morgan fingerprint density at radius 3 is 2.97 bits per heavy atom. The van der Waals surface area contributed by atoms with Crippen molar-refractivity contribution in [2.75, 3.05) is 26.7 Å². The summed E-state index contributed by atoms with van der Waals surface area (Å²) >= 11 is 0. The number of ether oxygens (including phenoxy) is 1. The van der Waals surface area contributed by atoms with E-state index in [9.17, 15) is 9.90 Å². The summed E-state index contributed by atoms with van der Waals surface area (Å²) in [5.74, 6) is 0.135. The molecule has 0 aromatic carbocycles. The van der Waals surface area contributed by atoms with Crippen LogP contribution in [0.15, 0.2) is 30.7 Å². The number of nitrogens with zero attached hydrogens (tertiary/aromatic N) is 6. The summed E-state index contributed by atoms with van der Waals surface area (Å²) in [5, 5.41) is 17.9. The minimum absolute atomic E-state index is 0.0538. The molecule has 1 amide bonds. The highest BCUT2D eigenvalue weighted by Crippen LogP contribution is 2.18. The van der Waals surface area contributed by atoms with Crippen LogP contribution in [-0.4, -0.2) is 79.7 Å². The third kappa shape index (κ3) is 6.56. The monoisotopic (exact) mass is 430 g/mol. The maximum atomic E-state index is 12.9. The number of amides is 1. The summed E-state index contributed by atoms with van der Waals surface area (Å²) in [6.07, 6.45) is 6.36. The predicted molar refractivity (Wildman–Crippen MR) is 116 cm³/mol. The van der Waals surface area contributed by atoms with Crippen LogP contribution in [0.2, 0.25) is 0 Å². The molecule has 0 radical (unpaired) electrons. The van der Waals surface area contributed by atoms with Gasteiger partial charge in [0.05, 0.1) is 37.3 Å². The molecular weight excluding hydrogens is 396 g/mol. The third-order valence-electron chi connectivity index (χ3n) is 5.81. The van der Waals surface area contributed by atoms with Crippen LogP contribution in [0.1, 0.15) is 37.9 Å². The van der Waals surface area contributed by atoms with Crippen molar-refractivity contribution in [1.29, 1.82) is 0 Å². The maximum absolute atomic E-state index is 12.9. The summed E-state index contributed by atoms with van der Waals surface area (Å²) < 4.78 is 8.17. The fraction of sp³-hybridized carbons (Fsp3) is 0.636. The number of carbonyl (C=O) groups is 1. The molecule has 1 aliphatic rings. The highest BCUT2D eigenvalue weighted by molar-refractivity contribution is 5.76. The van der Waals surface area contributed by atoms with Gasteiger partial charge in [0, 0.05) is 50.9 Å². The number of likely N-dealkylation sites (N-methyl/N-ethyl adjacent to an activating group) is 1. The fourth-order valence-corrected chi connectivity index (χ4v) is 3.92. The zero-order chi connectivity index (χ0) is 22.2. The van der Waals surface area contributed by atoms with E-state index >= 15 is 0 Å². The fourth-order valence-electron chi connectivity index (χ4n) is 3.92. The molecule has 9 nitrogen and oxygen atoms in total. The Labute approximate surface area is 184 Å². The van der Waals surface area contributed by atoms with Crippen molar-refractivity contribution < 1.29 is 14.6 Å². The van der Waals surface area contributed by atoms with Gasteiger partial charge in [0.2, 0.25) is 5.91 Å². The summed E-state index contributed by atoms with van der Waals surface area (Å²) in [7, 11) is 2.06. The number of aryl methyl sites for hydroxylation is 1. The summed E-state index contributed by atoms with van der Waals surface area (Å²) in [5.41, 5.74) is 2.06. The van der Waals surface area contributed by atoms with E-state index < -0.39 is 0 Å². The predicted octanol–water partition coefficient (Wildman–Crippen LogP) is 1.33. The number of hydrogen-bond donors (Lipinski definition) is 1. The second kappa shape index (κ2) is 11.3. The number of carbonyl (C=O) groups excluding carboxylic acids is 1. The van der Waals surface area contributed by atoms with Gasteiger partial charge < -0.3 is 14.7 Å². The minimum atomic E-state index is -0.228. The van der Waals surface area contributed by atoms with Crippen molar-refractivity contribution in [3.8, 4) is 0 Å². The van der Waals surface area contributed by atoms with E-state index in [1.165, 1.54) is 0 Å². The summed E-state index contributed by atoms with van der Waals surface area (Å²) in [6, 6.07) is 3.77. The van der Waals surface area contributed by atoms with Gasteiger partial charge in [-0.3, -0.25) is 14.7 Å². The van der Waals surface area contributed by atoms with Gasteiger partial charge in [-0.05, 0) is 32.0 Å². The molecule has 0 spiro atoms. The molecule has 170 valence electrons. The Morgan fingerprint density at radius 2 is 2.23 bits per heavy atom. The lowest BCUT2D eigenvalue weighted by Gasteiger charge is -2.35. The van der Waals surface area contributed by atoms with E-state index in [1.807, 2.05) is 23.9 Å². The van der Waals surface area contributed by atoms with Gasteiger partial charge in [-0.1, -0.05) is 18.2 Å². The minimum Gasteiger partial charge on any atom is -0.394 e. The van der Waals surface area contributed by atoms with Gasteiger partial charge in [0.25, 0.3) is 0 Å². The smallest absolute Gasteiger partial charge is 0.222 e. The molecule has 3 heterocycles. The van der Waals surface area contributed by atoms with Crippen molar-refractivity contribution >= 4 is 5.91 Å². The quantitative estimate of drug-likeness (QED) is 0.738. The molecule has 1 aliphatic heterocycles. The van der Waals surface area contributed by atoms with Gasteiger partial charge in [-0.15, -0.1) is 5.10 Å². The summed E-state index contributed by atoms with van der Waals surface area (Å²) in [4.78, 5) is 21.1. The lowest BCUT2D eigenvalue weighted by atomic mass is 10.0. The van der Waals surface area contributed by atoms with Crippen molar-refractivity contribution in [1.82, 2.24) is 29.8 Å². The molecule has 0 bridgehead atoms. The molecule has 0 aliphatic carbocycles. The molecule has 0 saturated carbocycles. The first kappa shape index (κ1) is 23.3. The molecule has 2 aromatic rings. The van der Waals surface area contributed by atoms with Crippen LogP contribution in [0, 0.1) is 5.92 Å². The van der Waals surface area contributed by atoms with Crippen LogP contribution in [0.5, 0.6) is 0 Å². The SMILES string of the molecule is C[C@@H]1CN([C@H](C)CO)C(=O)CCCn2nncc2CO[C@H]1CN(C)Cc1cccnc1. The number of aromatic nitrogens is 4.